The molecule has 1 N–H and O–H groups in total. The van der Waals surface area contributed by atoms with Gasteiger partial charge in [0.25, 0.3) is 5.91 Å². The van der Waals surface area contributed by atoms with Gasteiger partial charge in [0.2, 0.25) is 0 Å². The molecule has 0 saturated heterocycles. The lowest BCUT2D eigenvalue weighted by Crippen LogP contribution is -2.39. The van der Waals surface area contributed by atoms with Gasteiger partial charge in [-0.25, -0.2) is 4.79 Å². The summed E-state index contributed by atoms with van der Waals surface area (Å²) >= 11 is 0. The van der Waals surface area contributed by atoms with E-state index in [1.54, 1.807) is 31.2 Å². The number of benzene rings is 1. The van der Waals surface area contributed by atoms with Crippen molar-refractivity contribution in [2.24, 2.45) is 5.92 Å². The van der Waals surface area contributed by atoms with Crippen LogP contribution >= 0.6 is 0 Å². The molecule has 0 saturated carbocycles. The molecule has 4 nitrogen and oxygen atoms in total. The van der Waals surface area contributed by atoms with Crippen molar-refractivity contribution in [3.05, 3.63) is 35.9 Å². The SMILES string of the molecule is CC(C)CCOC(=O)C(C)NC(=O)c1ccccc1. The minimum absolute atomic E-state index is 0.270. The van der Waals surface area contributed by atoms with Crippen LogP contribution in [0.25, 0.3) is 0 Å². The number of ether oxygens (including phenoxy) is 1. The number of carbonyl (C=O) groups is 2. The van der Waals surface area contributed by atoms with E-state index < -0.39 is 12.0 Å². The van der Waals surface area contributed by atoms with E-state index in [2.05, 4.69) is 19.2 Å². The summed E-state index contributed by atoms with van der Waals surface area (Å²) in [6, 6.07) is 8.15. The largest absolute Gasteiger partial charge is 0.464 e. The Bertz CT molecular complexity index is 415. The highest BCUT2D eigenvalue weighted by atomic mass is 16.5. The molecule has 0 aliphatic rings. The summed E-state index contributed by atoms with van der Waals surface area (Å²) in [4.78, 5) is 23.5. The molecule has 1 aromatic carbocycles. The van der Waals surface area contributed by atoms with E-state index in [-0.39, 0.29) is 5.91 Å². The summed E-state index contributed by atoms with van der Waals surface area (Å²) in [6.45, 7) is 6.14. The Balaban J connectivity index is 2.40. The van der Waals surface area contributed by atoms with Crippen molar-refractivity contribution in [3.63, 3.8) is 0 Å². The Labute approximate surface area is 114 Å². The van der Waals surface area contributed by atoms with Gasteiger partial charge < -0.3 is 10.1 Å². The summed E-state index contributed by atoms with van der Waals surface area (Å²) in [5, 5.41) is 2.62. The molecule has 1 unspecified atom stereocenters. The molecular weight excluding hydrogens is 242 g/mol. The van der Waals surface area contributed by atoms with Crippen molar-refractivity contribution >= 4 is 11.9 Å². The lowest BCUT2D eigenvalue weighted by Gasteiger charge is -2.14. The number of esters is 1. The molecule has 1 atom stereocenters. The second-order valence-electron chi connectivity index (χ2n) is 4.91. The molecule has 4 heteroatoms. The van der Waals surface area contributed by atoms with E-state index in [1.807, 2.05) is 6.07 Å². The maximum absolute atomic E-state index is 11.8. The van der Waals surface area contributed by atoms with Gasteiger partial charge in [-0.1, -0.05) is 32.0 Å². The normalized spacial score (nSPS) is 12.0. The lowest BCUT2D eigenvalue weighted by atomic mass is 10.1. The van der Waals surface area contributed by atoms with E-state index in [0.29, 0.717) is 18.1 Å². The highest BCUT2D eigenvalue weighted by Crippen LogP contribution is 2.02. The van der Waals surface area contributed by atoms with Crippen LogP contribution in [0.3, 0.4) is 0 Å². The van der Waals surface area contributed by atoms with Crippen molar-refractivity contribution in [3.8, 4) is 0 Å². The Morgan fingerprint density at radius 1 is 1.16 bits per heavy atom. The molecule has 0 heterocycles. The summed E-state index contributed by atoms with van der Waals surface area (Å²) in [5.74, 6) is -0.180. The van der Waals surface area contributed by atoms with E-state index >= 15 is 0 Å². The van der Waals surface area contributed by atoms with Crippen LogP contribution < -0.4 is 5.32 Å². The lowest BCUT2D eigenvalue weighted by molar-refractivity contribution is -0.145. The summed E-state index contributed by atoms with van der Waals surface area (Å²) < 4.78 is 5.10. The zero-order chi connectivity index (χ0) is 14.3. The topological polar surface area (TPSA) is 55.4 Å². The molecule has 0 aliphatic heterocycles. The van der Waals surface area contributed by atoms with Crippen molar-refractivity contribution in [2.75, 3.05) is 6.61 Å². The molecule has 0 aliphatic carbocycles. The first-order valence-corrected chi connectivity index (χ1v) is 6.53. The molecule has 0 spiro atoms. The van der Waals surface area contributed by atoms with Crippen LogP contribution in [0.1, 0.15) is 37.6 Å². The molecule has 0 fully saturated rings. The first kappa shape index (κ1) is 15.2. The average molecular weight is 263 g/mol. The van der Waals surface area contributed by atoms with Crippen molar-refractivity contribution in [1.29, 1.82) is 0 Å². The van der Waals surface area contributed by atoms with Gasteiger partial charge in [0.05, 0.1) is 6.61 Å². The molecule has 1 rings (SSSR count). The highest BCUT2D eigenvalue weighted by Gasteiger charge is 2.17. The van der Waals surface area contributed by atoms with E-state index in [1.165, 1.54) is 0 Å². The summed E-state index contributed by atoms with van der Waals surface area (Å²) in [5.41, 5.74) is 0.532. The summed E-state index contributed by atoms with van der Waals surface area (Å²) in [6.07, 6.45) is 0.824. The maximum atomic E-state index is 11.8. The van der Waals surface area contributed by atoms with Gasteiger partial charge in [-0.3, -0.25) is 4.79 Å². The Hall–Kier alpha value is -1.84. The van der Waals surface area contributed by atoms with Crippen molar-refractivity contribution in [2.45, 2.75) is 33.2 Å². The van der Waals surface area contributed by atoms with Gasteiger partial charge in [-0.05, 0) is 31.4 Å². The average Bonchev–Trinajstić information content (AvgIpc) is 2.39. The van der Waals surface area contributed by atoms with Crippen LogP contribution in [0, 0.1) is 5.92 Å². The van der Waals surface area contributed by atoms with Gasteiger partial charge in [-0.2, -0.15) is 0 Å². The molecular formula is C15H21NO3. The predicted molar refractivity (Wildman–Crippen MR) is 73.8 cm³/mol. The molecule has 1 aromatic rings. The van der Waals surface area contributed by atoms with Crippen LogP contribution in [0.15, 0.2) is 30.3 Å². The zero-order valence-corrected chi connectivity index (χ0v) is 11.7. The molecule has 0 bridgehead atoms. The predicted octanol–water partition coefficient (Wildman–Crippen LogP) is 2.39. The fourth-order valence-electron chi connectivity index (χ4n) is 1.45. The Morgan fingerprint density at radius 3 is 2.37 bits per heavy atom. The van der Waals surface area contributed by atoms with Crippen LogP contribution in [0.4, 0.5) is 0 Å². The highest BCUT2D eigenvalue weighted by molar-refractivity contribution is 5.96. The maximum Gasteiger partial charge on any atom is 0.328 e. The van der Waals surface area contributed by atoms with Crippen LogP contribution in [0.2, 0.25) is 0 Å². The third kappa shape index (κ3) is 5.55. The van der Waals surface area contributed by atoms with Crippen molar-refractivity contribution < 1.29 is 14.3 Å². The number of hydrogen-bond donors (Lipinski definition) is 1. The van der Waals surface area contributed by atoms with Gasteiger partial charge in [0.15, 0.2) is 0 Å². The van der Waals surface area contributed by atoms with Crippen molar-refractivity contribution in [1.82, 2.24) is 5.32 Å². The van der Waals surface area contributed by atoms with Gasteiger partial charge in [0.1, 0.15) is 6.04 Å². The van der Waals surface area contributed by atoms with Crippen LogP contribution in [-0.2, 0) is 9.53 Å². The summed E-state index contributed by atoms with van der Waals surface area (Å²) in [7, 11) is 0. The number of rotatable bonds is 6. The fourth-order valence-corrected chi connectivity index (χ4v) is 1.45. The van der Waals surface area contributed by atoms with E-state index in [9.17, 15) is 9.59 Å². The second kappa shape index (κ2) is 7.56. The third-order valence-electron chi connectivity index (χ3n) is 2.68. The minimum Gasteiger partial charge on any atom is -0.464 e. The second-order valence-corrected chi connectivity index (χ2v) is 4.91. The molecule has 104 valence electrons. The van der Waals surface area contributed by atoms with Gasteiger partial charge >= 0.3 is 5.97 Å². The van der Waals surface area contributed by atoms with Crippen LogP contribution in [-0.4, -0.2) is 24.5 Å². The molecule has 19 heavy (non-hydrogen) atoms. The first-order chi connectivity index (χ1) is 9.00. The van der Waals surface area contributed by atoms with E-state index in [0.717, 1.165) is 6.42 Å². The molecule has 0 aromatic heterocycles. The smallest absolute Gasteiger partial charge is 0.328 e. The number of hydrogen-bond acceptors (Lipinski definition) is 3. The Kier molecular flexibility index (Phi) is 6.06. The minimum atomic E-state index is -0.639. The third-order valence-corrected chi connectivity index (χ3v) is 2.68. The molecule has 1 amide bonds. The standard InChI is InChI=1S/C15H21NO3/c1-11(2)9-10-19-15(18)12(3)16-14(17)13-7-5-4-6-8-13/h4-8,11-12H,9-10H2,1-3H3,(H,16,17). The number of carbonyl (C=O) groups excluding carboxylic acids is 2. The van der Waals surface area contributed by atoms with Gasteiger partial charge in [0, 0.05) is 5.56 Å². The quantitative estimate of drug-likeness (QED) is 0.802. The molecule has 0 radical (unpaired) electrons. The van der Waals surface area contributed by atoms with E-state index in [4.69, 9.17) is 4.74 Å². The number of nitrogens with one attached hydrogen (secondary N) is 1. The monoisotopic (exact) mass is 263 g/mol. The van der Waals surface area contributed by atoms with Crippen LogP contribution in [0.5, 0.6) is 0 Å². The number of amides is 1. The Morgan fingerprint density at radius 2 is 1.79 bits per heavy atom. The fraction of sp³-hybridized carbons (Fsp3) is 0.467. The van der Waals surface area contributed by atoms with Gasteiger partial charge in [-0.15, -0.1) is 0 Å². The zero-order valence-electron chi connectivity index (χ0n) is 11.7. The first-order valence-electron chi connectivity index (χ1n) is 6.53.